The second-order valence-electron chi connectivity index (χ2n) is 8.15. The molecule has 1 aromatic carbocycles. The summed E-state index contributed by atoms with van der Waals surface area (Å²) < 4.78 is 5.52. The number of benzene rings is 1. The summed E-state index contributed by atoms with van der Waals surface area (Å²) in [4.78, 5) is 24.7. The van der Waals surface area contributed by atoms with E-state index >= 15 is 0 Å². The highest BCUT2D eigenvalue weighted by Gasteiger charge is 2.46. The molecule has 3 fully saturated rings. The zero-order valence-electron chi connectivity index (χ0n) is 15.5. The second kappa shape index (κ2) is 8.09. The van der Waals surface area contributed by atoms with Gasteiger partial charge < -0.3 is 15.4 Å². The second-order valence-corrected chi connectivity index (χ2v) is 8.59. The predicted octanol–water partition coefficient (Wildman–Crippen LogP) is 3.31. The van der Waals surface area contributed by atoms with E-state index in [-0.39, 0.29) is 36.4 Å². The Hall–Kier alpha value is -1.75. The summed E-state index contributed by atoms with van der Waals surface area (Å²) >= 11 is 5.85. The Morgan fingerprint density at radius 1 is 1.11 bits per heavy atom. The third-order valence-corrected chi connectivity index (χ3v) is 6.74. The molecule has 2 aliphatic carbocycles. The van der Waals surface area contributed by atoms with E-state index < -0.39 is 0 Å². The molecule has 1 aromatic rings. The summed E-state index contributed by atoms with van der Waals surface area (Å²) in [5.74, 6) is 2.08. The molecule has 27 heavy (non-hydrogen) atoms. The maximum atomic E-state index is 12.5. The van der Waals surface area contributed by atoms with Gasteiger partial charge in [-0.05, 0) is 68.2 Å². The van der Waals surface area contributed by atoms with Gasteiger partial charge in [0.15, 0.2) is 6.61 Å². The Kier molecular flexibility index (Phi) is 5.58. The molecule has 2 saturated carbocycles. The predicted molar refractivity (Wildman–Crippen MR) is 104 cm³/mol. The quantitative estimate of drug-likeness (QED) is 0.828. The van der Waals surface area contributed by atoms with Crippen molar-refractivity contribution in [2.24, 2.45) is 17.8 Å². The number of fused-ring (bicyclic) bond motifs is 3. The molecule has 0 radical (unpaired) electrons. The molecule has 1 saturated heterocycles. The van der Waals surface area contributed by atoms with E-state index in [0.717, 1.165) is 25.7 Å². The van der Waals surface area contributed by atoms with Gasteiger partial charge in [0.05, 0.1) is 0 Å². The Bertz CT molecular complexity index is 693. The van der Waals surface area contributed by atoms with E-state index in [2.05, 4.69) is 10.6 Å². The lowest BCUT2D eigenvalue weighted by atomic mass is 9.63. The molecule has 0 spiro atoms. The number of carbonyl (C=O) groups excluding carboxylic acids is 2. The van der Waals surface area contributed by atoms with Crippen molar-refractivity contribution in [1.82, 2.24) is 10.6 Å². The van der Waals surface area contributed by atoms with Gasteiger partial charge in [-0.25, -0.2) is 0 Å². The summed E-state index contributed by atoms with van der Waals surface area (Å²) in [6.07, 6.45) is 7.54. The minimum Gasteiger partial charge on any atom is -0.484 e. The van der Waals surface area contributed by atoms with E-state index in [9.17, 15) is 9.59 Å². The molecule has 146 valence electrons. The van der Waals surface area contributed by atoms with Crippen LogP contribution in [0.15, 0.2) is 24.3 Å². The monoisotopic (exact) mass is 390 g/mol. The Morgan fingerprint density at radius 3 is 2.70 bits per heavy atom. The van der Waals surface area contributed by atoms with Crippen molar-refractivity contribution in [2.75, 3.05) is 6.61 Å². The molecule has 2 N–H and O–H groups in total. The number of hydrogen-bond donors (Lipinski definition) is 2. The number of rotatable bonds is 4. The lowest BCUT2D eigenvalue weighted by molar-refractivity contribution is -0.136. The van der Waals surface area contributed by atoms with E-state index in [4.69, 9.17) is 16.3 Å². The SMILES string of the molecule is O=C(COc1ccc(Cl)cc1)NC1CCC2C(C1)NC(=O)C1CCCCC12. The fourth-order valence-corrected chi connectivity index (χ4v) is 5.37. The van der Waals surface area contributed by atoms with Gasteiger partial charge in [-0.2, -0.15) is 0 Å². The van der Waals surface area contributed by atoms with E-state index in [1.54, 1.807) is 24.3 Å². The van der Waals surface area contributed by atoms with Gasteiger partial charge in [0.25, 0.3) is 5.91 Å². The first kappa shape index (κ1) is 18.6. The first-order valence-corrected chi connectivity index (χ1v) is 10.5. The molecular formula is C21H27ClN2O3. The largest absolute Gasteiger partial charge is 0.484 e. The third-order valence-electron chi connectivity index (χ3n) is 6.49. The molecule has 1 aliphatic heterocycles. The fourth-order valence-electron chi connectivity index (χ4n) is 5.24. The fraction of sp³-hybridized carbons (Fsp3) is 0.619. The standard InChI is InChI=1S/C21H27ClN2O3/c22-13-5-8-15(9-6-13)27-12-20(25)23-14-7-10-17-16-3-1-2-4-18(16)21(26)24-19(17)11-14/h5-6,8-9,14,16-19H,1-4,7,10-12H2,(H,23,25)(H,24,26). The number of nitrogens with one attached hydrogen (secondary N) is 2. The summed E-state index contributed by atoms with van der Waals surface area (Å²) in [5, 5.41) is 6.97. The average molecular weight is 391 g/mol. The third kappa shape index (κ3) is 4.23. The summed E-state index contributed by atoms with van der Waals surface area (Å²) in [6.45, 7) is -0.0106. The van der Waals surface area contributed by atoms with Gasteiger partial charge in [0.1, 0.15) is 5.75 Å². The van der Waals surface area contributed by atoms with Gasteiger partial charge in [-0.1, -0.05) is 24.4 Å². The molecule has 1 heterocycles. The number of halogens is 1. The molecule has 5 nitrogen and oxygen atoms in total. The van der Waals surface area contributed by atoms with E-state index in [1.165, 1.54) is 19.3 Å². The normalized spacial score (nSPS) is 32.6. The summed E-state index contributed by atoms with van der Waals surface area (Å²) in [5.41, 5.74) is 0. The Balaban J connectivity index is 1.28. The van der Waals surface area contributed by atoms with Crippen molar-refractivity contribution in [1.29, 1.82) is 0 Å². The van der Waals surface area contributed by atoms with Crippen LogP contribution in [0.3, 0.4) is 0 Å². The molecule has 0 aromatic heterocycles. The number of carbonyl (C=O) groups is 2. The van der Waals surface area contributed by atoms with Gasteiger partial charge in [-0.3, -0.25) is 9.59 Å². The smallest absolute Gasteiger partial charge is 0.258 e. The van der Waals surface area contributed by atoms with Gasteiger partial charge in [0.2, 0.25) is 5.91 Å². The zero-order chi connectivity index (χ0) is 18.8. The number of piperidine rings is 1. The van der Waals surface area contributed by atoms with Crippen LogP contribution in [0.25, 0.3) is 0 Å². The molecule has 5 atom stereocenters. The van der Waals surface area contributed by atoms with Gasteiger partial charge >= 0.3 is 0 Å². The Labute approximate surface area is 165 Å². The van der Waals surface area contributed by atoms with Crippen molar-refractivity contribution >= 4 is 23.4 Å². The zero-order valence-corrected chi connectivity index (χ0v) is 16.2. The highest BCUT2D eigenvalue weighted by atomic mass is 35.5. The lowest BCUT2D eigenvalue weighted by Crippen LogP contribution is -2.59. The molecule has 5 unspecified atom stereocenters. The average Bonchev–Trinajstić information content (AvgIpc) is 2.68. The van der Waals surface area contributed by atoms with E-state index in [0.29, 0.717) is 22.6 Å². The summed E-state index contributed by atoms with van der Waals surface area (Å²) in [6, 6.07) is 7.28. The molecule has 2 amide bonds. The highest BCUT2D eigenvalue weighted by Crippen LogP contribution is 2.44. The maximum absolute atomic E-state index is 12.5. The molecule has 3 aliphatic rings. The van der Waals surface area contributed by atoms with Crippen LogP contribution in [0.1, 0.15) is 44.9 Å². The molecule has 4 rings (SSSR count). The number of hydrogen-bond acceptors (Lipinski definition) is 3. The van der Waals surface area contributed by atoms with E-state index in [1.807, 2.05) is 0 Å². The van der Waals surface area contributed by atoms with Crippen molar-refractivity contribution in [3.05, 3.63) is 29.3 Å². The molecule has 6 heteroatoms. The van der Waals surface area contributed by atoms with Crippen LogP contribution in [0, 0.1) is 17.8 Å². The van der Waals surface area contributed by atoms with Crippen LogP contribution in [-0.4, -0.2) is 30.5 Å². The van der Waals surface area contributed by atoms with Crippen LogP contribution in [-0.2, 0) is 9.59 Å². The highest BCUT2D eigenvalue weighted by molar-refractivity contribution is 6.30. The number of amides is 2. The number of ether oxygens (including phenoxy) is 1. The first-order chi connectivity index (χ1) is 13.1. The van der Waals surface area contributed by atoms with Crippen LogP contribution in [0.4, 0.5) is 0 Å². The van der Waals surface area contributed by atoms with Gasteiger partial charge in [-0.15, -0.1) is 0 Å². The van der Waals surface area contributed by atoms with Crippen molar-refractivity contribution in [2.45, 2.75) is 57.0 Å². The minimum atomic E-state index is -0.119. The summed E-state index contributed by atoms with van der Waals surface area (Å²) in [7, 11) is 0. The Morgan fingerprint density at radius 2 is 1.89 bits per heavy atom. The molecular weight excluding hydrogens is 364 g/mol. The van der Waals surface area contributed by atoms with Crippen molar-refractivity contribution in [3.63, 3.8) is 0 Å². The molecule has 0 bridgehead atoms. The van der Waals surface area contributed by atoms with Gasteiger partial charge in [0, 0.05) is 23.0 Å². The first-order valence-electron chi connectivity index (χ1n) is 10.1. The van der Waals surface area contributed by atoms with Crippen LogP contribution < -0.4 is 15.4 Å². The van der Waals surface area contributed by atoms with Crippen LogP contribution >= 0.6 is 11.6 Å². The van der Waals surface area contributed by atoms with Crippen molar-refractivity contribution in [3.8, 4) is 5.75 Å². The van der Waals surface area contributed by atoms with Crippen LogP contribution in [0.2, 0.25) is 5.02 Å². The van der Waals surface area contributed by atoms with Crippen molar-refractivity contribution < 1.29 is 14.3 Å². The minimum absolute atomic E-state index is 0.0106. The topological polar surface area (TPSA) is 67.4 Å². The maximum Gasteiger partial charge on any atom is 0.258 e. The van der Waals surface area contributed by atoms with Crippen LogP contribution in [0.5, 0.6) is 5.75 Å². The lowest BCUT2D eigenvalue weighted by Gasteiger charge is -2.49.